The summed E-state index contributed by atoms with van der Waals surface area (Å²) in [5.74, 6) is 1.28. The van der Waals surface area contributed by atoms with Crippen LogP contribution in [0.25, 0.3) is 0 Å². The van der Waals surface area contributed by atoms with Crippen molar-refractivity contribution in [2.24, 2.45) is 0 Å². The van der Waals surface area contributed by atoms with E-state index < -0.39 is 40.9 Å². The Morgan fingerprint density at radius 2 is 1.53 bits per heavy atom. The fourth-order valence-electron chi connectivity index (χ4n) is 6.20. The molecule has 2 fully saturated rings. The van der Waals surface area contributed by atoms with E-state index in [1.54, 1.807) is 26.3 Å². The average Bonchev–Trinajstić information content (AvgIpc) is 3.18. The number of hydroxylamine groups is 2. The number of methoxy groups -OCH3 is 2. The van der Waals surface area contributed by atoms with Gasteiger partial charge in [0.25, 0.3) is 5.56 Å². The van der Waals surface area contributed by atoms with Crippen molar-refractivity contribution >= 4 is 0 Å². The molecule has 4 aromatic rings. The zero-order valence-corrected chi connectivity index (χ0v) is 24.0. The highest BCUT2D eigenvalue weighted by molar-refractivity contribution is 5.46. The quantitative estimate of drug-likeness (QED) is 0.304. The van der Waals surface area contributed by atoms with Crippen LogP contribution in [-0.4, -0.2) is 65.3 Å². The van der Waals surface area contributed by atoms with Crippen LogP contribution in [0.5, 0.6) is 11.5 Å². The van der Waals surface area contributed by atoms with E-state index in [1.807, 2.05) is 78.9 Å². The lowest BCUT2D eigenvalue weighted by Crippen LogP contribution is -2.68. The number of aromatic amines is 1. The second kappa shape index (κ2) is 11.4. The van der Waals surface area contributed by atoms with Gasteiger partial charge in [0.15, 0.2) is 23.5 Å². The van der Waals surface area contributed by atoms with Crippen LogP contribution in [-0.2, 0) is 26.5 Å². The molecule has 3 aromatic carbocycles. The molecule has 0 spiro atoms. The van der Waals surface area contributed by atoms with Crippen molar-refractivity contribution in [1.29, 1.82) is 0 Å². The maximum absolute atomic E-state index is 13.0. The second-order valence-electron chi connectivity index (χ2n) is 10.6. The summed E-state index contributed by atoms with van der Waals surface area (Å²) in [6, 6.07) is 25.7. The SMILES string of the molecule is COc1ccc(C(OCc2ccccc2)(c2ccc(OC)cc2)C23CN(C)OC(C(n4ccc(=O)[nH]c4=O)O2)C3O)cc1. The monoisotopic (exact) mass is 587 g/mol. The molecule has 11 heteroatoms. The molecule has 3 heterocycles. The first-order valence-corrected chi connectivity index (χ1v) is 13.8. The van der Waals surface area contributed by atoms with Crippen molar-refractivity contribution in [2.75, 3.05) is 27.8 Å². The van der Waals surface area contributed by atoms with Crippen LogP contribution in [0.1, 0.15) is 22.9 Å². The number of aliphatic hydroxyl groups excluding tert-OH is 1. The Morgan fingerprint density at radius 1 is 0.930 bits per heavy atom. The molecule has 11 nitrogen and oxygen atoms in total. The van der Waals surface area contributed by atoms with E-state index in [1.165, 1.54) is 16.8 Å². The second-order valence-corrected chi connectivity index (χ2v) is 10.6. The fourth-order valence-corrected chi connectivity index (χ4v) is 6.20. The van der Waals surface area contributed by atoms with Crippen LogP contribution >= 0.6 is 0 Å². The lowest BCUT2D eigenvalue weighted by Gasteiger charge is -2.52. The molecule has 0 radical (unpaired) electrons. The molecule has 0 aliphatic carbocycles. The van der Waals surface area contributed by atoms with Gasteiger partial charge in [-0.15, -0.1) is 0 Å². The maximum Gasteiger partial charge on any atom is 0.330 e. The molecule has 2 N–H and O–H groups in total. The maximum atomic E-state index is 13.0. The van der Waals surface area contributed by atoms with Crippen LogP contribution < -0.4 is 20.7 Å². The van der Waals surface area contributed by atoms with Gasteiger partial charge in [-0.2, -0.15) is 5.06 Å². The summed E-state index contributed by atoms with van der Waals surface area (Å²) in [6.07, 6.45) is -2.06. The molecule has 0 amide bonds. The van der Waals surface area contributed by atoms with Gasteiger partial charge in [-0.05, 0) is 41.0 Å². The number of H-pyrrole nitrogens is 1. The summed E-state index contributed by atoms with van der Waals surface area (Å²) in [4.78, 5) is 33.2. The average molecular weight is 588 g/mol. The molecule has 224 valence electrons. The number of likely N-dealkylation sites (N-methyl/N-ethyl adjacent to an activating group) is 1. The number of hydrogen-bond acceptors (Lipinski definition) is 9. The Kier molecular flexibility index (Phi) is 7.67. The molecule has 4 atom stereocenters. The molecule has 2 saturated heterocycles. The minimum atomic E-state index is -1.52. The number of aromatic nitrogens is 2. The van der Waals surface area contributed by atoms with E-state index in [2.05, 4.69) is 4.98 Å². The molecule has 2 bridgehead atoms. The van der Waals surface area contributed by atoms with Crippen molar-refractivity contribution in [1.82, 2.24) is 14.6 Å². The van der Waals surface area contributed by atoms with Crippen LogP contribution in [0, 0.1) is 0 Å². The van der Waals surface area contributed by atoms with Crippen LogP contribution in [0.3, 0.4) is 0 Å². The zero-order chi connectivity index (χ0) is 30.2. The molecule has 43 heavy (non-hydrogen) atoms. The Bertz CT molecular complexity index is 1620. The summed E-state index contributed by atoms with van der Waals surface area (Å²) < 4.78 is 26.1. The van der Waals surface area contributed by atoms with Gasteiger partial charge in [-0.3, -0.25) is 19.2 Å². The van der Waals surface area contributed by atoms with Gasteiger partial charge >= 0.3 is 5.69 Å². The zero-order valence-electron chi connectivity index (χ0n) is 24.0. The lowest BCUT2D eigenvalue weighted by molar-refractivity contribution is -0.291. The molecule has 4 unspecified atom stereocenters. The third kappa shape index (κ3) is 4.85. The highest BCUT2D eigenvalue weighted by Crippen LogP contribution is 2.56. The summed E-state index contributed by atoms with van der Waals surface area (Å²) in [7, 11) is 4.91. The fraction of sp³-hybridized carbons (Fsp3) is 0.312. The number of fused-ring (bicyclic) bond motifs is 2. The van der Waals surface area contributed by atoms with Crippen molar-refractivity contribution < 1.29 is 28.9 Å². The standard InChI is InChI=1S/C32H33N3O8/c1-34-20-31(28(37)27(43-34)29(42-31)35-18-17-26(36)33-30(35)38)32(22-9-13-24(39-2)14-10-22,23-11-15-25(40-3)16-12-23)41-19-21-7-5-4-6-8-21/h4-18,27-29,37H,19-20H2,1-3H3,(H,33,36,38). The third-order valence-electron chi connectivity index (χ3n) is 8.17. The normalized spacial score (nSPS) is 23.7. The number of aliphatic hydroxyl groups is 1. The summed E-state index contributed by atoms with van der Waals surface area (Å²) in [5, 5.41) is 13.8. The van der Waals surface area contributed by atoms with Gasteiger partial charge in [0.05, 0.1) is 27.4 Å². The first-order valence-electron chi connectivity index (χ1n) is 13.8. The molecule has 1 aromatic heterocycles. The Morgan fingerprint density at radius 3 is 2.09 bits per heavy atom. The van der Waals surface area contributed by atoms with Gasteiger partial charge in [0.2, 0.25) is 0 Å². The number of benzene rings is 3. The van der Waals surface area contributed by atoms with E-state index in [0.29, 0.717) is 22.6 Å². The minimum Gasteiger partial charge on any atom is -0.497 e. The van der Waals surface area contributed by atoms with Gasteiger partial charge in [-0.1, -0.05) is 54.6 Å². The Hall–Kier alpha value is -4.26. The molecule has 2 aliphatic heterocycles. The van der Waals surface area contributed by atoms with Crippen molar-refractivity contribution in [3.05, 3.63) is 129 Å². The summed E-state index contributed by atoms with van der Waals surface area (Å²) >= 11 is 0. The number of nitrogens with zero attached hydrogens (tertiary/aromatic N) is 2. The van der Waals surface area contributed by atoms with Crippen LogP contribution in [0.2, 0.25) is 0 Å². The number of ether oxygens (including phenoxy) is 4. The van der Waals surface area contributed by atoms with E-state index >= 15 is 0 Å². The predicted octanol–water partition coefficient (Wildman–Crippen LogP) is 2.59. The topological polar surface area (TPSA) is 124 Å². The van der Waals surface area contributed by atoms with Gasteiger partial charge in [0.1, 0.15) is 17.6 Å². The van der Waals surface area contributed by atoms with Crippen molar-refractivity contribution in [2.45, 2.75) is 36.2 Å². The number of rotatable bonds is 9. The van der Waals surface area contributed by atoms with Crippen molar-refractivity contribution in [3.8, 4) is 11.5 Å². The highest BCUT2D eigenvalue weighted by atomic mass is 16.7. The third-order valence-corrected chi connectivity index (χ3v) is 8.17. The van der Waals surface area contributed by atoms with E-state index in [4.69, 9.17) is 23.8 Å². The van der Waals surface area contributed by atoms with Crippen LogP contribution in [0.15, 0.2) is 101 Å². The molecule has 2 aliphatic rings. The highest BCUT2D eigenvalue weighted by Gasteiger charge is 2.71. The Labute approximate surface area is 247 Å². The molecular formula is C32H33N3O8. The lowest BCUT2D eigenvalue weighted by atomic mass is 9.69. The largest absolute Gasteiger partial charge is 0.497 e. The predicted molar refractivity (Wildman–Crippen MR) is 156 cm³/mol. The smallest absolute Gasteiger partial charge is 0.330 e. The van der Waals surface area contributed by atoms with E-state index in [-0.39, 0.29) is 13.2 Å². The minimum absolute atomic E-state index is 0.0616. The number of nitrogens with one attached hydrogen (secondary N) is 1. The van der Waals surface area contributed by atoms with Crippen LogP contribution in [0.4, 0.5) is 0 Å². The summed E-state index contributed by atoms with van der Waals surface area (Å²) in [6.45, 7) is 0.224. The van der Waals surface area contributed by atoms with Gasteiger partial charge < -0.3 is 24.1 Å². The van der Waals surface area contributed by atoms with E-state index in [0.717, 1.165) is 5.56 Å². The molecular weight excluding hydrogens is 554 g/mol. The first kappa shape index (κ1) is 28.8. The van der Waals surface area contributed by atoms with Gasteiger partial charge in [0, 0.05) is 19.3 Å². The van der Waals surface area contributed by atoms with Gasteiger partial charge in [-0.25, -0.2) is 4.79 Å². The summed E-state index contributed by atoms with van der Waals surface area (Å²) in [5.41, 5.74) is -1.96. The molecule has 0 saturated carbocycles. The Balaban J connectivity index is 1.61. The molecule has 6 rings (SSSR count). The van der Waals surface area contributed by atoms with E-state index in [9.17, 15) is 14.7 Å². The number of hydrogen-bond donors (Lipinski definition) is 2. The first-order chi connectivity index (χ1) is 20.8. The van der Waals surface area contributed by atoms with Crippen molar-refractivity contribution in [3.63, 3.8) is 0 Å².